The molecule has 1 heterocycles. The van der Waals surface area contributed by atoms with Crippen LogP contribution in [0.15, 0.2) is 54.7 Å². The summed E-state index contributed by atoms with van der Waals surface area (Å²) in [4.78, 5) is 3.18. The SMILES string of the molecule is COc1ccccc1Nc1ccc2[nH]ccc2c1. The number of benzene rings is 2. The number of hydrogen-bond donors (Lipinski definition) is 2. The molecule has 0 aliphatic rings. The van der Waals surface area contributed by atoms with Gasteiger partial charge in [0, 0.05) is 22.8 Å². The lowest BCUT2D eigenvalue weighted by atomic mass is 10.2. The maximum atomic E-state index is 5.32. The van der Waals surface area contributed by atoms with E-state index in [9.17, 15) is 0 Å². The number of para-hydroxylation sites is 2. The van der Waals surface area contributed by atoms with E-state index in [1.807, 2.05) is 36.5 Å². The monoisotopic (exact) mass is 238 g/mol. The van der Waals surface area contributed by atoms with Gasteiger partial charge in [0.2, 0.25) is 0 Å². The van der Waals surface area contributed by atoms with Crippen molar-refractivity contribution in [1.29, 1.82) is 0 Å². The number of ether oxygens (including phenoxy) is 1. The lowest BCUT2D eigenvalue weighted by molar-refractivity contribution is 0.417. The molecule has 90 valence electrons. The number of H-pyrrole nitrogens is 1. The van der Waals surface area contributed by atoms with Crippen molar-refractivity contribution in [2.75, 3.05) is 12.4 Å². The molecule has 0 unspecified atom stereocenters. The maximum Gasteiger partial charge on any atom is 0.142 e. The van der Waals surface area contributed by atoms with Gasteiger partial charge in [0.05, 0.1) is 12.8 Å². The lowest BCUT2D eigenvalue weighted by Crippen LogP contribution is -1.93. The molecule has 0 amide bonds. The van der Waals surface area contributed by atoms with E-state index in [4.69, 9.17) is 4.74 Å². The van der Waals surface area contributed by atoms with Crippen molar-refractivity contribution >= 4 is 22.3 Å². The van der Waals surface area contributed by atoms with E-state index >= 15 is 0 Å². The Labute approximate surface area is 105 Å². The molecule has 3 heteroatoms. The lowest BCUT2D eigenvalue weighted by Gasteiger charge is -2.10. The van der Waals surface area contributed by atoms with E-state index in [0.717, 1.165) is 22.6 Å². The summed E-state index contributed by atoms with van der Waals surface area (Å²) in [6.45, 7) is 0. The molecule has 0 bridgehead atoms. The molecule has 0 fully saturated rings. The summed E-state index contributed by atoms with van der Waals surface area (Å²) in [6, 6.07) is 16.2. The molecule has 1 aromatic heterocycles. The molecule has 0 spiro atoms. The minimum Gasteiger partial charge on any atom is -0.495 e. The van der Waals surface area contributed by atoms with Crippen LogP contribution in [0.1, 0.15) is 0 Å². The molecule has 3 rings (SSSR count). The van der Waals surface area contributed by atoms with Crippen LogP contribution in [-0.4, -0.2) is 12.1 Å². The summed E-state index contributed by atoms with van der Waals surface area (Å²) < 4.78 is 5.32. The number of fused-ring (bicyclic) bond motifs is 1. The van der Waals surface area contributed by atoms with Gasteiger partial charge in [-0.25, -0.2) is 0 Å². The molecule has 2 N–H and O–H groups in total. The molecule has 0 saturated carbocycles. The number of aromatic nitrogens is 1. The molecule has 0 saturated heterocycles. The number of hydrogen-bond acceptors (Lipinski definition) is 2. The standard InChI is InChI=1S/C15H14N2O/c1-18-15-5-3-2-4-14(15)17-12-6-7-13-11(10-12)8-9-16-13/h2-10,16-17H,1H3. The zero-order chi connectivity index (χ0) is 12.4. The van der Waals surface area contributed by atoms with E-state index < -0.39 is 0 Å². The highest BCUT2D eigenvalue weighted by atomic mass is 16.5. The summed E-state index contributed by atoms with van der Waals surface area (Å²) in [5.74, 6) is 0.840. The van der Waals surface area contributed by atoms with Gasteiger partial charge in [-0.05, 0) is 36.4 Å². The second-order valence-electron chi connectivity index (χ2n) is 4.10. The van der Waals surface area contributed by atoms with Crippen molar-refractivity contribution in [3.05, 3.63) is 54.7 Å². The molecule has 3 nitrogen and oxygen atoms in total. The Morgan fingerprint density at radius 2 is 1.94 bits per heavy atom. The van der Waals surface area contributed by atoms with E-state index in [1.165, 1.54) is 5.39 Å². The van der Waals surface area contributed by atoms with Crippen LogP contribution in [0.2, 0.25) is 0 Å². The Balaban J connectivity index is 1.95. The van der Waals surface area contributed by atoms with Crippen LogP contribution in [0.5, 0.6) is 5.75 Å². The molecular formula is C15H14N2O. The number of nitrogens with one attached hydrogen (secondary N) is 2. The Morgan fingerprint density at radius 3 is 2.83 bits per heavy atom. The van der Waals surface area contributed by atoms with Crippen molar-refractivity contribution in [3.63, 3.8) is 0 Å². The van der Waals surface area contributed by atoms with Gasteiger partial charge in [-0.3, -0.25) is 0 Å². The van der Waals surface area contributed by atoms with Gasteiger partial charge in [0.25, 0.3) is 0 Å². The summed E-state index contributed by atoms with van der Waals surface area (Å²) in [7, 11) is 1.68. The summed E-state index contributed by atoms with van der Waals surface area (Å²) in [6.07, 6.45) is 1.94. The molecular weight excluding hydrogens is 224 g/mol. The van der Waals surface area contributed by atoms with Crippen LogP contribution < -0.4 is 10.1 Å². The molecule has 0 aliphatic heterocycles. The zero-order valence-electron chi connectivity index (χ0n) is 10.1. The minimum absolute atomic E-state index is 0.840. The first kappa shape index (κ1) is 10.7. The topological polar surface area (TPSA) is 37.0 Å². The van der Waals surface area contributed by atoms with Gasteiger partial charge < -0.3 is 15.0 Å². The van der Waals surface area contributed by atoms with Gasteiger partial charge >= 0.3 is 0 Å². The van der Waals surface area contributed by atoms with E-state index in [2.05, 4.69) is 28.5 Å². The van der Waals surface area contributed by atoms with Gasteiger partial charge in [0.1, 0.15) is 5.75 Å². The minimum atomic E-state index is 0.840. The van der Waals surface area contributed by atoms with Crippen molar-refractivity contribution < 1.29 is 4.74 Å². The van der Waals surface area contributed by atoms with Crippen LogP contribution in [0.4, 0.5) is 11.4 Å². The second-order valence-corrected chi connectivity index (χ2v) is 4.10. The highest BCUT2D eigenvalue weighted by Gasteiger charge is 2.02. The highest BCUT2D eigenvalue weighted by molar-refractivity contribution is 5.84. The summed E-state index contributed by atoms with van der Waals surface area (Å²) in [5.41, 5.74) is 3.15. The largest absolute Gasteiger partial charge is 0.495 e. The van der Waals surface area contributed by atoms with Crippen LogP contribution in [0, 0.1) is 0 Å². The van der Waals surface area contributed by atoms with E-state index in [1.54, 1.807) is 7.11 Å². The van der Waals surface area contributed by atoms with Crippen molar-refractivity contribution in [2.45, 2.75) is 0 Å². The Kier molecular flexibility index (Phi) is 2.65. The third-order valence-corrected chi connectivity index (χ3v) is 2.94. The van der Waals surface area contributed by atoms with Crippen LogP contribution in [-0.2, 0) is 0 Å². The van der Waals surface area contributed by atoms with Crippen molar-refractivity contribution in [2.24, 2.45) is 0 Å². The number of anilines is 2. The predicted octanol–water partition coefficient (Wildman–Crippen LogP) is 3.92. The van der Waals surface area contributed by atoms with Crippen molar-refractivity contribution in [1.82, 2.24) is 4.98 Å². The Bertz CT molecular complexity index is 673. The van der Waals surface area contributed by atoms with Crippen LogP contribution >= 0.6 is 0 Å². The first-order valence-corrected chi connectivity index (χ1v) is 5.84. The van der Waals surface area contributed by atoms with Crippen LogP contribution in [0.25, 0.3) is 10.9 Å². The van der Waals surface area contributed by atoms with Gasteiger partial charge in [0.15, 0.2) is 0 Å². The number of rotatable bonds is 3. The van der Waals surface area contributed by atoms with Gasteiger partial charge in [-0.1, -0.05) is 12.1 Å². The fourth-order valence-electron chi connectivity index (χ4n) is 2.03. The highest BCUT2D eigenvalue weighted by Crippen LogP contribution is 2.28. The number of aromatic amines is 1. The normalized spacial score (nSPS) is 10.5. The molecule has 0 aliphatic carbocycles. The van der Waals surface area contributed by atoms with E-state index in [0.29, 0.717) is 0 Å². The smallest absolute Gasteiger partial charge is 0.142 e. The molecule has 0 radical (unpaired) electrons. The fourth-order valence-corrected chi connectivity index (χ4v) is 2.03. The second kappa shape index (κ2) is 4.45. The summed E-state index contributed by atoms with van der Waals surface area (Å²) >= 11 is 0. The zero-order valence-corrected chi connectivity index (χ0v) is 10.1. The number of methoxy groups -OCH3 is 1. The third-order valence-electron chi connectivity index (χ3n) is 2.94. The van der Waals surface area contributed by atoms with Crippen molar-refractivity contribution in [3.8, 4) is 5.75 Å². The predicted molar refractivity (Wildman–Crippen MR) is 74.6 cm³/mol. The van der Waals surface area contributed by atoms with E-state index in [-0.39, 0.29) is 0 Å². The quantitative estimate of drug-likeness (QED) is 0.725. The average molecular weight is 238 g/mol. The first-order valence-electron chi connectivity index (χ1n) is 5.84. The fraction of sp³-hybridized carbons (Fsp3) is 0.0667. The third kappa shape index (κ3) is 1.91. The van der Waals surface area contributed by atoms with Gasteiger partial charge in [-0.15, -0.1) is 0 Å². The Morgan fingerprint density at radius 1 is 1.06 bits per heavy atom. The molecule has 3 aromatic rings. The average Bonchev–Trinajstić information content (AvgIpc) is 2.87. The van der Waals surface area contributed by atoms with Crippen LogP contribution in [0.3, 0.4) is 0 Å². The first-order chi connectivity index (χ1) is 8.86. The molecule has 0 atom stereocenters. The Hall–Kier alpha value is -2.42. The van der Waals surface area contributed by atoms with Gasteiger partial charge in [-0.2, -0.15) is 0 Å². The molecule has 2 aromatic carbocycles. The maximum absolute atomic E-state index is 5.32. The molecule has 18 heavy (non-hydrogen) atoms. The summed E-state index contributed by atoms with van der Waals surface area (Å²) in [5, 5.41) is 4.56.